The SMILES string of the molecule is CC(C)(CO)CCCNC(=O)c1cc(N2CCCC2=O)ccc1F. The van der Waals surface area contributed by atoms with Crippen LogP contribution in [0.1, 0.15) is 49.9 Å². The highest BCUT2D eigenvalue weighted by Gasteiger charge is 2.23. The predicted molar refractivity (Wildman–Crippen MR) is 90.4 cm³/mol. The molecular weight excluding hydrogens is 311 g/mol. The van der Waals surface area contributed by atoms with E-state index in [1.54, 1.807) is 4.90 Å². The third-order valence-electron chi connectivity index (χ3n) is 4.32. The van der Waals surface area contributed by atoms with Crippen molar-refractivity contribution in [3.8, 4) is 0 Å². The molecular formula is C18H25FN2O3. The molecule has 24 heavy (non-hydrogen) atoms. The molecule has 1 aromatic rings. The summed E-state index contributed by atoms with van der Waals surface area (Å²) in [4.78, 5) is 25.6. The summed E-state index contributed by atoms with van der Waals surface area (Å²) >= 11 is 0. The number of rotatable bonds is 7. The standard InChI is InChI=1S/C18H25FN2O3/c1-18(2,12-22)8-4-9-20-17(24)14-11-13(6-7-15(14)19)21-10-3-5-16(21)23/h6-7,11,22H,3-5,8-10,12H2,1-2H3,(H,20,24). The molecule has 1 fully saturated rings. The number of nitrogens with one attached hydrogen (secondary N) is 1. The van der Waals surface area contributed by atoms with Crippen LogP contribution in [-0.4, -0.2) is 36.6 Å². The summed E-state index contributed by atoms with van der Waals surface area (Å²) in [6.07, 6.45) is 2.72. The zero-order chi connectivity index (χ0) is 17.7. The van der Waals surface area contributed by atoms with Gasteiger partial charge in [-0.1, -0.05) is 13.8 Å². The lowest BCUT2D eigenvalue weighted by Gasteiger charge is -2.21. The van der Waals surface area contributed by atoms with Gasteiger partial charge in [-0.15, -0.1) is 0 Å². The van der Waals surface area contributed by atoms with Gasteiger partial charge in [0.2, 0.25) is 5.91 Å². The van der Waals surface area contributed by atoms with Crippen molar-refractivity contribution < 1.29 is 19.1 Å². The number of amides is 2. The number of benzene rings is 1. The van der Waals surface area contributed by atoms with Gasteiger partial charge in [-0.2, -0.15) is 0 Å². The molecule has 0 atom stereocenters. The Bertz CT molecular complexity index is 616. The molecule has 0 bridgehead atoms. The molecule has 0 aliphatic carbocycles. The third kappa shape index (κ3) is 4.54. The first-order valence-corrected chi connectivity index (χ1v) is 8.33. The van der Waals surface area contributed by atoms with Crippen LogP contribution in [-0.2, 0) is 4.79 Å². The molecule has 1 aliphatic rings. The Labute approximate surface area is 141 Å². The predicted octanol–water partition coefficient (Wildman–Crippen LogP) is 2.48. The Morgan fingerprint density at radius 2 is 2.17 bits per heavy atom. The van der Waals surface area contributed by atoms with E-state index in [1.165, 1.54) is 18.2 Å². The fourth-order valence-electron chi connectivity index (χ4n) is 2.72. The van der Waals surface area contributed by atoms with Gasteiger partial charge >= 0.3 is 0 Å². The first kappa shape index (κ1) is 18.4. The van der Waals surface area contributed by atoms with Crippen molar-refractivity contribution in [3.05, 3.63) is 29.6 Å². The Morgan fingerprint density at radius 3 is 2.79 bits per heavy atom. The summed E-state index contributed by atoms with van der Waals surface area (Å²) in [5, 5.41) is 11.9. The van der Waals surface area contributed by atoms with Crippen LogP contribution in [0.5, 0.6) is 0 Å². The van der Waals surface area contributed by atoms with E-state index in [0.717, 1.165) is 12.8 Å². The monoisotopic (exact) mass is 336 g/mol. The molecule has 1 saturated heterocycles. The van der Waals surface area contributed by atoms with Crippen LogP contribution in [0.2, 0.25) is 0 Å². The van der Waals surface area contributed by atoms with E-state index in [4.69, 9.17) is 0 Å². The minimum Gasteiger partial charge on any atom is -0.396 e. The summed E-state index contributed by atoms with van der Waals surface area (Å²) in [6, 6.07) is 4.19. The quantitative estimate of drug-likeness (QED) is 0.752. The zero-order valence-corrected chi connectivity index (χ0v) is 14.3. The van der Waals surface area contributed by atoms with Crippen molar-refractivity contribution in [3.63, 3.8) is 0 Å². The minimum atomic E-state index is -0.599. The van der Waals surface area contributed by atoms with Crippen LogP contribution in [0.4, 0.5) is 10.1 Å². The number of aliphatic hydroxyl groups is 1. The van der Waals surface area contributed by atoms with Crippen LogP contribution in [0.15, 0.2) is 18.2 Å². The van der Waals surface area contributed by atoms with Crippen LogP contribution in [0.25, 0.3) is 0 Å². The van der Waals surface area contributed by atoms with E-state index in [-0.39, 0.29) is 23.5 Å². The van der Waals surface area contributed by atoms with Crippen molar-refractivity contribution in [2.75, 3.05) is 24.6 Å². The topological polar surface area (TPSA) is 69.6 Å². The highest BCUT2D eigenvalue weighted by Crippen LogP contribution is 2.24. The zero-order valence-electron chi connectivity index (χ0n) is 14.3. The average Bonchev–Trinajstić information content (AvgIpc) is 2.98. The van der Waals surface area contributed by atoms with E-state index in [2.05, 4.69) is 5.32 Å². The lowest BCUT2D eigenvalue weighted by molar-refractivity contribution is -0.117. The molecule has 5 nitrogen and oxygen atoms in total. The maximum atomic E-state index is 14.0. The van der Waals surface area contributed by atoms with Crippen molar-refractivity contribution in [1.82, 2.24) is 5.32 Å². The van der Waals surface area contributed by atoms with E-state index in [0.29, 0.717) is 31.6 Å². The number of halogens is 1. The Kier molecular flexibility index (Phi) is 5.94. The molecule has 2 rings (SSSR count). The fraction of sp³-hybridized carbons (Fsp3) is 0.556. The van der Waals surface area contributed by atoms with Gasteiger partial charge in [0.15, 0.2) is 0 Å². The second-order valence-corrected chi connectivity index (χ2v) is 6.99. The maximum Gasteiger partial charge on any atom is 0.254 e. The van der Waals surface area contributed by atoms with E-state index in [9.17, 15) is 19.1 Å². The maximum absolute atomic E-state index is 14.0. The molecule has 0 radical (unpaired) electrons. The highest BCUT2D eigenvalue weighted by atomic mass is 19.1. The van der Waals surface area contributed by atoms with Gasteiger partial charge in [0, 0.05) is 31.8 Å². The molecule has 0 saturated carbocycles. The normalized spacial score (nSPS) is 15.0. The van der Waals surface area contributed by atoms with Crippen LogP contribution < -0.4 is 10.2 Å². The van der Waals surface area contributed by atoms with E-state index in [1.807, 2.05) is 13.8 Å². The number of nitrogens with zero attached hydrogens (tertiary/aromatic N) is 1. The van der Waals surface area contributed by atoms with Crippen molar-refractivity contribution in [2.24, 2.45) is 5.41 Å². The lowest BCUT2D eigenvalue weighted by atomic mass is 9.89. The Morgan fingerprint density at radius 1 is 1.42 bits per heavy atom. The highest BCUT2D eigenvalue weighted by molar-refractivity contribution is 5.99. The molecule has 132 valence electrons. The van der Waals surface area contributed by atoms with Gasteiger partial charge in [-0.3, -0.25) is 9.59 Å². The number of hydrogen-bond acceptors (Lipinski definition) is 3. The second-order valence-electron chi connectivity index (χ2n) is 6.99. The average molecular weight is 336 g/mol. The Hall–Kier alpha value is -1.95. The smallest absolute Gasteiger partial charge is 0.254 e. The number of anilines is 1. The molecule has 0 unspecified atom stereocenters. The molecule has 1 aromatic carbocycles. The van der Waals surface area contributed by atoms with Crippen LogP contribution in [0, 0.1) is 11.2 Å². The summed E-state index contributed by atoms with van der Waals surface area (Å²) < 4.78 is 14.0. The minimum absolute atomic E-state index is 0.000740. The van der Waals surface area contributed by atoms with Crippen LogP contribution in [0.3, 0.4) is 0 Å². The first-order valence-electron chi connectivity index (χ1n) is 8.33. The molecule has 0 aromatic heterocycles. The summed E-state index contributed by atoms with van der Waals surface area (Å²) in [5.74, 6) is -1.08. The fourth-order valence-corrected chi connectivity index (χ4v) is 2.72. The third-order valence-corrected chi connectivity index (χ3v) is 4.32. The largest absolute Gasteiger partial charge is 0.396 e. The lowest BCUT2D eigenvalue weighted by Crippen LogP contribution is -2.28. The summed E-state index contributed by atoms with van der Waals surface area (Å²) in [5.41, 5.74) is 0.325. The molecule has 6 heteroatoms. The molecule has 1 heterocycles. The van der Waals surface area contributed by atoms with Gasteiger partial charge in [0.1, 0.15) is 5.82 Å². The first-order chi connectivity index (χ1) is 11.3. The van der Waals surface area contributed by atoms with E-state index < -0.39 is 11.7 Å². The molecule has 0 spiro atoms. The number of aliphatic hydroxyl groups excluding tert-OH is 1. The summed E-state index contributed by atoms with van der Waals surface area (Å²) in [7, 11) is 0. The number of hydrogen-bond donors (Lipinski definition) is 2. The Balaban J connectivity index is 1.97. The molecule has 2 N–H and O–H groups in total. The van der Waals surface area contributed by atoms with Crippen molar-refractivity contribution in [1.29, 1.82) is 0 Å². The van der Waals surface area contributed by atoms with Gasteiger partial charge in [-0.25, -0.2) is 4.39 Å². The van der Waals surface area contributed by atoms with Crippen molar-refractivity contribution in [2.45, 2.75) is 39.5 Å². The van der Waals surface area contributed by atoms with Crippen molar-refractivity contribution >= 4 is 17.5 Å². The summed E-state index contributed by atoms with van der Waals surface area (Å²) in [6.45, 7) is 4.99. The second kappa shape index (κ2) is 7.75. The van der Waals surface area contributed by atoms with Crippen LogP contribution >= 0.6 is 0 Å². The number of carbonyl (C=O) groups excluding carboxylic acids is 2. The van der Waals surface area contributed by atoms with E-state index >= 15 is 0 Å². The van der Waals surface area contributed by atoms with Gasteiger partial charge in [0.05, 0.1) is 5.56 Å². The van der Waals surface area contributed by atoms with Gasteiger partial charge in [0.25, 0.3) is 5.91 Å². The number of carbonyl (C=O) groups is 2. The molecule has 1 aliphatic heterocycles. The van der Waals surface area contributed by atoms with Gasteiger partial charge in [-0.05, 0) is 42.9 Å². The molecule has 2 amide bonds. The van der Waals surface area contributed by atoms with Gasteiger partial charge < -0.3 is 15.3 Å².